The Labute approximate surface area is 178 Å². The summed E-state index contributed by atoms with van der Waals surface area (Å²) in [4.78, 5) is 13.6. The van der Waals surface area contributed by atoms with Crippen molar-refractivity contribution in [3.05, 3.63) is 29.3 Å². The van der Waals surface area contributed by atoms with Crippen molar-refractivity contribution in [3.63, 3.8) is 0 Å². The second-order valence-corrected chi connectivity index (χ2v) is 8.73. The number of nitrogens with two attached hydrogens (primary N) is 1. The van der Waals surface area contributed by atoms with E-state index in [0.717, 1.165) is 64.8 Å². The van der Waals surface area contributed by atoms with Gasteiger partial charge < -0.3 is 10.6 Å². The van der Waals surface area contributed by atoms with E-state index in [4.69, 9.17) is 4.79 Å². The smallest absolute Gasteiger partial charge is 0.372 e. The Bertz CT molecular complexity index is 650. The van der Waals surface area contributed by atoms with Crippen LogP contribution in [0.4, 0.5) is 18.9 Å². The Kier molecular flexibility index (Phi) is 9.46. The standard InChI is InChI=1S/C22H33F3N2.CH3NO/c1-17-3-8-21(15-18(17)2)27-13-11-26(12-14-27)10-9-19-4-6-20(7-5-19)16-22(23,24)25;2-1-3/h3,8,15,19-20H,4-7,9-14,16H2,1-2H3;1H,(H2,2,3). The van der Waals surface area contributed by atoms with Crippen molar-refractivity contribution in [2.24, 2.45) is 17.6 Å². The first-order chi connectivity index (χ1) is 14.2. The van der Waals surface area contributed by atoms with E-state index < -0.39 is 12.6 Å². The summed E-state index contributed by atoms with van der Waals surface area (Å²) >= 11 is 0. The highest BCUT2D eigenvalue weighted by Crippen LogP contribution is 2.37. The molecule has 4 nitrogen and oxygen atoms in total. The average Bonchev–Trinajstić information content (AvgIpc) is 2.69. The van der Waals surface area contributed by atoms with Gasteiger partial charge in [0.2, 0.25) is 6.41 Å². The van der Waals surface area contributed by atoms with Crippen molar-refractivity contribution < 1.29 is 18.0 Å². The molecular formula is C23H36F3N3O. The summed E-state index contributed by atoms with van der Waals surface area (Å²) in [7, 11) is 0. The van der Waals surface area contributed by atoms with Gasteiger partial charge in [0.1, 0.15) is 0 Å². The summed E-state index contributed by atoms with van der Waals surface area (Å²) < 4.78 is 37.5. The third kappa shape index (κ3) is 8.17. The molecule has 7 heteroatoms. The van der Waals surface area contributed by atoms with Crippen LogP contribution in [-0.4, -0.2) is 50.2 Å². The number of hydrogen-bond donors (Lipinski definition) is 1. The molecule has 0 bridgehead atoms. The Morgan fingerprint density at radius 2 is 1.57 bits per heavy atom. The van der Waals surface area contributed by atoms with Crippen molar-refractivity contribution >= 4 is 12.1 Å². The molecule has 30 heavy (non-hydrogen) atoms. The van der Waals surface area contributed by atoms with E-state index in [0.29, 0.717) is 5.92 Å². The summed E-state index contributed by atoms with van der Waals surface area (Å²) in [6.45, 7) is 9.68. The number of primary amides is 1. The summed E-state index contributed by atoms with van der Waals surface area (Å²) in [6, 6.07) is 6.70. The Morgan fingerprint density at radius 3 is 2.10 bits per heavy atom. The van der Waals surface area contributed by atoms with Crippen molar-refractivity contribution in [1.82, 2.24) is 4.90 Å². The quantitative estimate of drug-likeness (QED) is 0.695. The number of rotatable bonds is 5. The molecule has 3 rings (SSSR count). The lowest BCUT2D eigenvalue weighted by Gasteiger charge is -2.37. The molecule has 0 unspecified atom stereocenters. The van der Waals surface area contributed by atoms with Crippen LogP contribution >= 0.6 is 0 Å². The Morgan fingerprint density at radius 1 is 1.00 bits per heavy atom. The molecule has 170 valence electrons. The number of benzene rings is 1. The zero-order valence-corrected chi connectivity index (χ0v) is 18.3. The number of amides is 1. The molecule has 1 saturated heterocycles. The second kappa shape index (κ2) is 11.6. The van der Waals surface area contributed by atoms with Gasteiger partial charge >= 0.3 is 6.18 Å². The van der Waals surface area contributed by atoms with Crippen LogP contribution in [0.5, 0.6) is 0 Å². The minimum absolute atomic E-state index is 0.136. The number of piperazine rings is 1. The molecule has 0 atom stereocenters. The molecule has 1 aliphatic carbocycles. The van der Waals surface area contributed by atoms with Crippen LogP contribution in [0.3, 0.4) is 0 Å². The molecule has 1 aromatic carbocycles. The summed E-state index contributed by atoms with van der Waals surface area (Å²) in [5, 5.41) is 0. The largest absolute Gasteiger partial charge is 0.389 e. The van der Waals surface area contributed by atoms with Gasteiger partial charge in [-0.05, 0) is 74.8 Å². The molecule has 2 fully saturated rings. The van der Waals surface area contributed by atoms with Gasteiger partial charge in [0.05, 0.1) is 0 Å². The average molecular weight is 428 g/mol. The highest BCUT2D eigenvalue weighted by molar-refractivity contribution is 5.51. The van der Waals surface area contributed by atoms with Crippen molar-refractivity contribution in [1.29, 1.82) is 0 Å². The van der Waals surface area contributed by atoms with Crippen molar-refractivity contribution in [3.8, 4) is 0 Å². The molecular weight excluding hydrogens is 391 g/mol. The van der Waals surface area contributed by atoms with Gasteiger partial charge in [-0.1, -0.05) is 18.9 Å². The predicted molar refractivity (Wildman–Crippen MR) is 116 cm³/mol. The third-order valence-corrected chi connectivity index (χ3v) is 6.57. The fourth-order valence-electron chi connectivity index (χ4n) is 4.57. The van der Waals surface area contributed by atoms with Crippen LogP contribution in [0.25, 0.3) is 0 Å². The van der Waals surface area contributed by atoms with Gasteiger partial charge in [0.25, 0.3) is 0 Å². The zero-order chi connectivity index (χ0) is 22.1. The number of aryl methyl sites for hydroxylation is 2. The maximum absolute atomic E-state index is 12.5. The van der Waals surface area contributed by atoms with E-state index in [9.17, 15) is 13.2 Å². The minimum atomic E-state index is -3.99. The number of carbonyl (C=O) groups excluding carboxylic acids is 1. The molecule has 0 spiro atoms. The summed E-state index contributed by atoms with van der Waals surface area (Å²) in [6.07, 6.45) is 0.276. The van der Waals surface area contributed by atoms with Crippen LogP contribution < -0.4 is 10.6 Å². The maximum atomic E-state index is 12.5. The Hall–Kier alpha value is -1.76. The van der Waals surface area contributed by atoms with Crippen LogP contribution in [-0.2, 0) is 4.79 Å². The fourth-order valence-corrected chi connectivity index (χ4v) is 4.57. The first-order valence-electron chi connectivity index (χ1n) is 11.0. The minimum Gasteiger partial charge on any atom is -0.372 e. The molecule has 0 aromatic heterocycles. The van der Waals surface area contributed by atoms with Gasteiger partial charge in [-0.2, -0.15) is 13.2 Å². The lowest BCUT2D eigenvalue weighted by molar-refractivity contribution is -0.147. The first kappa shape index (κ1) is 24.5. The monoisotopic (exact) mass is 427 g/mol. The van der Waals surface area contributed by atoms with E-state index in [1.807, 2.05) is 0 Å². The molecule has 1 amide bonds. The second-order valence-electron chi connectivity index (χ2n) is 8.73. The SMILES string of the molecule is Cc1ccc(N2CCN(CCC3CCC(CC(F)(F)F)CC3)CC2)cc1C.NC=O. The Balaban J connectivity index is 0.00000101. The molecule has 2 aliphatic rings. The highest BCUT2D eigenvalue weighted by atomic mass is 19.4. The molecule has 2 N–H and O–H groups in total. The number of hydrogen-bond acceptors (Lipinski definition) is 3. The third-order valence-electron chi connectivity index (χ3n) is 6.57. The lowest BCUT2D eigenvalue weighted by atomic mass is 9.79. The van der Waals surface area contributed by atoms with E-state index in [-0.39, 0.29) is 12.3 Å². The van der Waals surface area contributed by atoms with Crippen LogP contribution in [0.15, 0.2) is 18.2 Å². The normalized spacial score (nSPS) is 22.9. The number of halogens is 3. The number of anilines is 1. The van der Waals surface area contributed by atoms with Crippen molar-refractivity contribution in [2.45, 2.75) is 58.5 Å². The van der Waals surface area contributed by atoms with E-state index in [2.05, 4.69) is 47.6 Å². The molecule has 1 aliphatic heterocycles. The van der Waals surface area contributed by atoms with Crippen LogP contribution in [0, 0.1) is 25.7 Å². The van der Waals surface area contributed by atoms with Gasteiger partial charge in [0, 0.05) is 38.3 Å². The van der Waals surface area contributed by atoms with Crippen LogP contribution in [0.1, 0.15) is 49.7 Å². The topological polar surface area (TPSA) is 49.6 Å². The number of nitrogens with zero attached hydrogens (tertiary/aromatic N) is 2. The fraction of sp³-hybridized carbons (Fsp3) is 0.696. The van der Waals surface area contributed by atoms with E-state index >= 15 is 0 Å². The summed E-state index contributed by atoms with van der Waals surface area (Å²) in [5.74, 6) is 0.482. The number of alkyl halides is 3. The van der Waals surface area contributed by atoms with Crippen molar-refractivity contribution in [2.75, 3.05) is 37.6 Å². The molecule has 1 heterocycles. The number of carbonyl (C=O) groups is 1. The predicted octanol–water partition coefficient (Wildman–Crippen LogP) is 4.68. The van der Waals surface area contributed by atoms with Gasteiger partial charge in [-0.15, -0.1) is 0 Å². The van der Waals surface area contributed by atoms with E-state index in [1.165, 1.54) is 16.8 Å². The lowest BCUT2D eigenvalue weighted by Crippen LogP contribution is -2.47. The maximum Gasteiger partial charge on any atom is 0.389 e. The molecule has 0 radical (unpaired) electrons. The van der Waals surface area contributed by atoms with E-state index in [1.54, 1.807) is 0 Å². The van der Waals surface area contributed by atoms with Gasteiger partial charge in [-0.25, -0.2) is 0 Å². The van der Waals surface area contributed by atoms with Gasteiger partial charge in [-0.3, -0.25) is 9.69 Å². The summed E-state index contributed by atoms with van der Waals surface area (Å²) in [5.41, 5.74) is 8.17. The van der Waals surface area contributed by atoms with Gasteiger partial charge in [0.15, 0.2) is 0 Å². The first-order valence-corrected chi connectivity index (χ1v) is 11.0. The highest BCUT2D eigenvalue weighted by Gasteiger charge is 2.33. The van der Waals surface area contributed by atoms with Crippen LogP contribution in [0.2, 0.25) is 0 Å². The molecule has 1 saturated carbocycles. The molecule has 1 aromatic rings. The zero-order valence-electron chi connectivity index (χ0n) is 18.3.